The molecule has 6 nitrogen and oxygen atoms in total. The average molecular weight is 347 g/mol. The van der Waals surface area contributed by atoms with Crippen molar-refractivity contribution in [3.8, 4) is 0 Å². The van der Waals surface area contributed by atoms with Crippen LogP contribution in [0.4, 0.5) is 5.69 Å². The van der Waals surface area contributed by atoms with Gasteiger partial charge in [0.25, 0.3) is 0 Å². The quantitative estimate of drug-likeness (QED) is 0.784. The summed E-state index contributed by atoms with van der Waals surface area (Å²) in [6.07, 6.45) is 0. The van der Waals surface area contributed by atoms with Crippen molar-refractivity contribution < 1.29 is 13.2 Å². The van der Waals surface area contributed by atoms with Gasteiger partial charge in [-0.3, -0.25) is 4.79 Å². The van der Waals surface area contributed by atoms with Gasteiger partial charge in [0.1, 0.15) is 6.04 Å². The summed E-state index contributed by atoms with van der Waals surface area (Å²) in [6.45, 7) is 0.239. The fraction of sp³-hybridized carbons (Fsp3) is 0.353. The molecular weight excluding hydrogens is 326 g/mol. The van der Waals surface area contributed by atoms with Crippen molar-refractivity contribution in [1.29, 1.82) is 0 Å². The first kappa shape index (κ1) is 16.7. The SMILES string of the molecule is CN(C)C(=O)C1CN1S(=O)(=O)c1cccc2c(N(C)C)cccc12. The zero-order valence-corrected chi connectivity index (χ0v) is 15.0. The molecule has 1 saturated heterocycles. The van der Waals surface area contributed by atoms with E-state index in [9.17, 15) is 13.2 Å². The zero-order valence-electron chi connectivity index (χ0n) is 14.2. The van der Waals surface area contributed by atoms with E-state index in [1.807, 2.05) is 43.3 Å². The Morgan fingerprint density at radius 2 is 1.67 bits per heavy atom. The first-order valence-electron chi connectivity index (χ1n) is 7.67. The van der Waals surface area contributed by atoms with Crippen LogP contribution in [-0.2, 0) is 14.8 Å². The molecule has 2 atom stereocenters. The van der Waals surface area contributed by atoms with Crippen LogP contribution in [0.1, 0.15) is 0 Å². The van der Waals surface area contributed by atoms with E-state index < -0.39 is 16.1 Å². The first-order chi connectivity index (χ1) is 11.2. The Morgan fingerprint density at radius 3 is 2.29 bits per heavy atom. The lowest BCUT2D eigenvalue weighted by Crippen LogP contribution is -2.30. The van der Waals surface area contributed by atoms with E-state index in [0.29, 0.717) is 5.39 Å². The van der Waals surface area contributed by atoms with E-state index >= 15 is 0 Å². The van der Waals surface area contributed by atoms with Gasteiger partial charge in [-0.1, -0.05) is 24.3 Å². The third kappa shape index (κ3) is 2.63. The van der Waals surface area contributed by atoms with E-state index in [1.54, 1.807) is 26.2 Å². The number of likely N-dealkylation sites (N-methyl/N-ethyl adjacent to an activating group) is 1. The summed E-state index contributed by atoms with van der Waals surface area (Å²) in [5.74, 6) is -0.187. The van der Waals surface area contributed by atoms with Gasteiger partial charge in [0.05, 0.1) is 4.90 Å². The smallest absolute Gasteiger partial charge is 0.244 e. The van der Waals surface area contributed by atoms with Crippen LogP contribution in [0.2, 0.25) is 0 Å². The Hall–Kier alpha value is -2.12. The highest BCUT2D eigenvalue weighted by atomic mass is 32.2. The predicted molar refractivity (Wildman–Crippen MR) is 94.6 cm³/mol. The van der Waals surface area contributed by atoms with E-state index in [0.717, 1.165) is 11.1 Å². The summed E-state index contributed by atoms with van der Waals surface area (Å²) in [5, 5.41) is 1.55. The summed E-state index contributed by atoms with van der Waals surface area (Å²) in [5.41, 5.74) is 0.955. The maximum Gasteiger partial charge on any atom is 0.244 e. The molecule has 0 aliphatic carbocycles. The second-order valence-corrected chi connectivity index (χ2v) is 8.20. The number of rotatable bonds is 4. The van der Waals surface area contributed by atoms with Crippen LogP contribution < -0.4 is 4.90 Å². The van der Waals surface area contributed by atoms with Crippen LogP contribution in [-0.4, -0.2) is 64.3 Å². The summed E-state index contributed by atoms with van der Waals surface area (Å²) in [6, 6.07) is 10.3. The molecule has 1 aliphatic rings. The largest absolute Gasteiger partial charge is 0.377 e. The van der Waals surface area contributed by atoms with Gasteiger partial charge in [0, 0.05) is 51.2 Å². The standard InChI is InChI=1S/C17H21N3O3S/c1-18(2)14-9-5-8-13-12(14)7-6-10-16(13)24(22,23)20-11-15(20)17(21)19(3)4/h5-10,15H,11H2,1-4H3. The number of carbonyl (C=O) groups is 1. The van der Waals surface area contributed by atoms with Crippen molar-refractivity contribution in [2.75, 3.05) is 39.6 Å². The summed E-state index contributed by atoms with van der Waals surface area (Å²) >= 11 is 0. The van der Waals surface area contributed by atoms with E-state index in [2.05, 4.69) is 0 Å². The van der Waals surface area contributed by atoms with Crippen LogP contribution in [0, 0.1) is 0 Å². The fourth-order valence-corrected chi connectivity index (χ4v) is 4.62. The van der Waals surface area contributed by atoms with Crippen molar-refractivity contribution in [2.45, 2.75) is 10.9 Å². The summed E-state index contributed by atoms with van der Waals surface area (Å²) < 4.78 is 27.2. The van der Waals surface area contributed by atoms with Gasteiger partial charge in [0.2, 0.25) is 15.9 Å². The number of benzene rings is 2. The normalized spacial score (nSPS) is 20.0. The fourth-order valence-electron chi connectivity index (χ4n) is 2.89. The molecule has 0 spiro atoms. The second-order valence-electron chi connectivity index (χ2n) is 6.35. The van der Waals surface area contributed by atoms with Crippen molar-refractivity contribution in [3.05, 3.63) is 36.4 Å². The number of carbonyl (C=O) groups excluding carboxylic acids is 1. The molecule has 2 unspecified atom stereocenters. The minimum Gasteiger partial charge on any atom is -0.377 e. The van der Waals surface area contributed by atoms with E-state index in [1.165, 1.54) is 9.21 Å². The number of anilines is 1. The molecule has 128 valence electrons. The first-order valence-corrected chi connectivity index (χ1v) is 9.11. The lowest BCUT2D eigenvalue weighted by atomic mass is 10.1. The Kier molecular flexibility index (Phi) is 4.01. The number of nitrogens with zero attached hydrogens (tertiary/aromatic N) is 3. The van der Waals surface area contributed by atoms with Gasteiger partial charge in [0.15, 0.2) is 0 Å². The minimum atomic E-state index is -3.70. The average Bonchev–Trinajstić information content (AvgIpc) is 3.33. The molecule has 7 heteroatoms. The van der Waals surface area contributed by atoms with Crippen LogP contribution in [0.5, 0.6) is 0 Å². The van der Waals surface area contributed by atoms with Gasteiger partial charge < -0.3 is 9.80 Å². The Labute approximate surface area is 142 Å². The molecule has 1 aliphatic heterocycles. The molecule has 1 heterocycles. The number of fused-ring (bicyclic) bond motifs is 1. The molecule has 0 radical (unpaired) electrons. The molecule has 3 rings (SSSR count). The highest BCUT2D eigenvalue weighted by Gasteiger charge is 2.50. The maximum absolute atomic E-state index is 13.0. The lowest BCUT2D eigenvalue weighted by molar-refractivity contribution is -0.128. The predicted octanol–water partition coefficient (Wildman–Crippen LogP) is 1.37. The number of hydrogen-bond donors (Lipinski definition) is 0. The van der Waals surface area contributed by atoms with Crippen LogP contribution in [0.25, 0.3) is 10.8 Å². The number of sulfonamides is 1. The van der Waals surface area contributed by atoms with Gasteiger partial charge in [-0.25, -0.2) is 8.42 Å². The van der Waals surface area contributed by atoms with Crippen LogP contribution >= 0.6 is 0 Å². The lowest BCUT2D eigenvalue weighted by Gasteiger charge is -2.17. The van der Waals surface area contributed by atoms with Gasteiger partial charge >= 0.3 is 0 Å². The topological polar surface area (TPSA) is 60.7 Å². The molecule has 1 amide bonds. The Bertz CT molecular complexity index is 906. The molecule has 1 fully saturated rings. The number of amides is 1. The Morgan fingerprint density at radius 1 is 1.04 bits per heavy atom. The van der Waals surface area contributed by atoms with E-state index in [4.69, 9.17) is 0 Å². The Balaban J connectivity index is 2.07. The zero-order chi connectivity index (χ0) is 17.6. The van der Waals surface area contributed by atoms with Crippen molar-refractivity contribution in [2.24, 2.45) is 0 Å². The van der Waals surface area contributed by atoms with Crippen LogP contribution in [0.15, 0.2) is 41.3 Å². The van der Waals surface area contributed by atoms with Crippen molar-refractivity contribution in [3.63, 3.8) is 0 Å². The summed E-state index contributed by atoms with van der Waals surface area (Å²) in [4.78, 5) is 15.6. The van der Waals surface area contributed by atoms with Crippen LogP contribution in [0.3, 0.4) is 0 Å². The molecular formula is C17H21N3O3S. The molecule has 0 N–H and O–H groups in total. The van der Waals surface area contributed by atoms with Gasteiger partial charge in [-0.05, 0) is 12.1 Å². The van der Waals surface area contributed by atoms with E-state index in [-0.39, 0.29) is 17.3 Å². The monoisotopic (exact) mass is 347 g/mol. The molecule has 24 heavy (non-hydrogen) atoms. The van der Waals surface area contributed by atoms with Crippen molar-refractivity contribution >= 4 is 32.4 Å². The maximum atomic E-state index is 13.0. The summed E-state index contributed by atoms with van der Waals surface area (Å²) in [7, 11) is 3.41. The second kappa shape index (κ2) is 5.75. The highest BCUT2D eigenvalue weighted by Crippen LogP contribution is 2.35. The van der Waals surface area contributed by atoms with Crippen molar-refractivity contribution in [1.82, 2.24) is 9.21 Å². The third-order valence-corrected chi connectivity index (χ3v) is 6.15. The third-order valence-electron chi connectivity index (χ3n) is 4.22. The molecule has 2 aromatic rings. The van der Waals surface area contributed by atoms with Gasteiger partial charge in [-0.15, -0.1) is 0 Å². The van der Waals surface area contributed by atoms with Gasteiger partial charge in [-0.2, -0.15) is 4.31 Å². The molecule has 0 bridgehead atoms. The number of hydrogen-bond acceptors (Lipinski definition) is 4. The minimum absolute atomic E-state index is 0.187. The highest BCUT2D eigenvalue weighted by molar-refractivity contribution is 7.89. The molecule has 0 saturated carbocycles. The molecule has 0 aromatic heterocycles. The molecule has 2 aromatic carbocycles.